The molecule has 11 heteroatoms. The average Bonchev–Trinajstić information content (AvgIpc) is 1.31. The van der Waals surface area contributed by atoms with Gasteiger partial charge in [0.2, 0.25) is 0 Å². The third-order valence-electron chi connectivity index (χ3n) is 19.5. The van der Waals surface area contributed by atoms with Gasteiger partial charge in [0.15, 0.2) is 0 Å². The van der Waals surface area contributed by atoms with Crippen molar-refractivity contribution in [2.75, 3.05) is 14.7 Å². The Morgan fingerprint density at radius 3 is 1.27 bits per heavy atom. The summed E-state index contributed by atoms with van der Waals surface area (Å²) in [6, 6.07) is 71.2. The molecule has 3 nitrogen and oxygen atoms in total. The number of halogens is 6. The van der Waals surface area contributed by atoms with E-state index < -0.39 is 31.6 Å². The van der Waals surface area contributed by atoms with Crippen molar-refractivity contribution in [1.29, 1.82) is 0 Å². The Balaban J connectivity index is 1.12. The van der Waals surface area contributed by atoms with E-state index in [1.54, 1.807) is 24.3 Å². The third-order valence-corrected chi connectivity index (χ3v) is 23.0. The molecule has 0 amide bonds. The molecule has 1 aliphatic carbocycles. The van der Waals surface area contributed by atoms with Gasteiger partial charge in [0.1, 0.15) is 8.07 Å². The molecule has 0 radical (unpaired) electrons. The number of rotatable bonds is 7. The van der Waals surface area contributed by atoms with Crippen molar-refractivity contribution in [3.63, 3.8) is 0 Å². The minimum atomic E-state index is -4.53. The molecule has 0 N–H and O–H groups in total. The number of anilines is 8. The van der Waals surface area contributed by atoms with Gasteiger partial charge in [-0.1, -0.05) is 207 Å². The SMILES string of the molecule is CC12CCCCC1(C)N(c1cc3c4c(c1)N(c1c(-c5ccccc5)cccc1-c1ccc(C(F)(F)F)cc1)c1cccc5c1B4c1c(cccc1[Si]5(C)C)N3c1c(-c3ccccc3)cccc1-c1ccc(C(F)(F)F)cc1)c1ccccc12. The zero-order chi connectivity index (χ0) is 57.0. The fourth-order valence-electron chi connectivity index (χ4n) is 15.4. The normalized spacial score (nSPS) is 18.9. The van der Waals surface area contributed by atoms with E-state index in [9.17, 15) is 26.3 Å². The van der Waals surface area contributed by atoms with Gasteiger partial charge in [-0.3, -0.25) is 0 Å². The molecular weight excluding hydrogens is 1060 g/mol. The summed E-state index contributed by atoms with van der Waals surface area (Å²) in [5.41, 5.74) is 17.1. The number of alkyl halides is 6. The minimum absolute atomic E-state index is 0.206. The van der Waals surface area contributed by atoms with E-state index in [4.69, 9.17) is 0 Å². The van der Waals surface area contributed by atoms with E-state index in [-0.39, 0.29) is 17.7 Å². The second-order valence-corrected chi connectivity index (χ2v) is 28.4. The van der Waals surface area contributed by atoms with Crippen LogP contribution in [0.4, 0.5) is 71.8 Å². The molecule has 0 aromatic heterocycles. The number of nitrogens with zero attached hydrogens (tertiary/aromatic N) is 3. The van der Waals surface area contributed by atoms with E-state index in [1.807, 2.05) is 60.7 Å². The zero-order valence-electron chi connectivity index (χ0n) is 46.3. The topological polar surface area (TPSA) is 9.72 Å². The zero-order valence-corrected chi connectivity index (χ0v) is 47.3. The quantitative estimate of drug-likeness (QED) is 0.116. The van der Waals surface area contributed by atoms with Crippen molar-refractivity contribution >= 4 is 87.0 Å². The Bertz CT molecular complexity index is 4050. The highest BCUT2D eigenvalue weighted by atomic mass is 28.3. The van der Waals surface area contributed by atoms with Crippen LogP contribution in [0, 0.1) is 0 Å². The lowest BCUT2D eigenvalue weighted by Crippen LogP contribution is -2.79. The van der Waals surface area contributed by atoms with Gasteiger partial charge in [-0.05, 0) is 119 Å². The maximum Gasteiger partial charge on any atom is 0.416 e. The highest BCUT2D eigenvalue weighted by Crippen LogP contribution is 2.62. The molecule has 83 heavy (non-hydrogen) atoms. The summed E-state index contributed by atoms with van der Waals surface area (Å²) in [5.74, 6) is 0. The van der Waals surface area contributed by atoms with Crippen LogP contribution in [0.1, 0.15) is 56.2 Å². The molecule has 0 saturated heterocycles. The van der Waals surface area contributed by atoms with Crippen LogP contribution in [0.2, 0.25) is 13.1 Å². The lowest BCUT2D eigenvalue weighted by atomic mass is 9.33. The minimum Gasteiger partial charge on any atom is -0.334 e. The maximum atomic E-state index is 14.4. The van der Waals surface area contributed by atoms with E-state index >= 15 is 0 Å². The molecule has 1 saturated carbocycles. The predicted molar refractivity (Wildman–Crippen MR) is 332 cm³/mol. The lowest BCUT2D eigenvalue weighted by Gasteiger charge is -2.52. The van der Waals surface area contributed by atoms with Gasteiger partial charge in [0.25, 0.3) is 6.71 Å². The summed E-state index contributed by atoms with van der Waals surface area (Å²) in [6.45, 7) is 9.48. The molecule has 10 aromatic rings. The Morgan fingerprint density at radius 2 is 0.807 bits per heavy atom. The van der Waals surface area contributed by atoms with Crippen LogP contribution < -0.4 is 41.5 Å². The van der Waals surface area contributed by atoms with E-state index in [2.05, 4.69) is 151 Å². The van der Waals surface area contributed by atoms with Crippen LogP contribution in [0.25, 0.3) is 44.5 Å². The Morgan fingerprint density at radius 1 is 0.410 bits per heavy atom. The number of para-hydroxylation sites is 3. The molecular formula is C72H56BF6N3Si. The Kier molecular flexibility index (Phi) is 11.3. The van der Waals surface area contributed by atoms with Gasteiger partial charge < -0.3 is 14.7 Å². The fourth-order valence-corrected chi connectivity index (χ4v) is 18.6. The molecule has 1 fully saturated rings. The van der Waals surface area contributed by atoms with Crippen LogP contribution in [-0.4, -0.2) is 20.3 Å². The molecule has 10 aromatic carbocycles. The van der Waals surface area contributed by atoms with Crippen LogP contribution in [0.15, 0.2) is 218 Å². The maximum absolute atomic E-state index is 14.4. The molecule has 2 unspecified atom stereocenters. The smallest absolute Gasteiger partial charge is 0.334 e. The van der Waals surface area contributed by atoms with Crippen molar-refractivity contribution < 1.29 is 26.3 Å². The first-order valence-corrected chi connectivity index (χ1v) is 31.6. The second-order valence-electron chi connectivity index (χ2n) is 24.1. The summed E-state index contributed by atoms with van der Waals surface area (Å²) in [4.78, 5) is 7.50. The summed E-state index contributed by atoms with van der Waals surface area (Å²) >= 11 is 0. The van der Waals surface area contributed by atoms with E-state index in [0.29, 0.717) is 11.1 Å². The molecule has 0 bridgehead atoms. The molecule has 4 heterocycles. The van der Waals surface area contributed by atoms with Crippen LogP contribution in [0.3, 0.4) is 0 Å². The highest BCUT2D eigenvalue weighted by molar-refractivity contribution is 7.16. The Hall–Kier alpha value is -8.54. The number of hydrogen-bond acceptors (Lipinski definition) is 3. The molecule has 2 atom stereocenters. The number of fused-ring (bicyclic) bond motifs is 3. The van der Waals surface area contributed by atoms with Gasteiger partial charge in [-0.25, -0.2) is 0 Å². The highest BCUT2D eigenvalue weighted by Gasteiger charge is 2.59. The molecule has 4 aliphatic heterocycles. The standard InChI is InChI=1S/C72H56BF6N3Si/c1-69-41-13-14-42-70(69,2)82(57-28-12-11-27-56(57)69)51-43-60-64-61(44-51)81(68-53(46-21-9-6-10-22-46)24-16-26-55(68)48-35-39-50(40-36-48)72(77,78)79)59-30-18-32-63-66(59)73(64)65-58(29-17-31-62(65)83(63,3)4)80(60)67-52(45-19-7-5-8-20-45)23-15-25-54(67)47-33-37-49(38-34-47)71(74,75)76/h5-12,15-40,43-44H,13-14,41-42H2,1-4H3. The summed E-state index contributed by atoms with van der Waals surface area (Å²) < 4.78 is 86.7. The number of hydrogen-bond donors (Lipinski definition) is 0. The van der Waals surface area contributed by atoms with E-state index in [0.717, 1.165) is 110 Å². The van der Waals surface area contributed by atoms with Crippen molar-refractivity contribution in [2.24, 2.45) is 0 Å². The molecule has 5 aliphatic rings. The van der Waals surface area contributed by atoms with Gasteiger partial charge in [-0.15, -0.1) is 0 Å². The van der Waals surface area contributed by atoms with Crippen molar-refractivity contribution in [3.05, 3.63) is 235 Å². The third kappa shape index (κ3) is 7.45. The molecule has 408 valence electrons. The average molecular weight is 1120 g/mol. The van der Waals surface area contributed by atoms with Crippen molar-refractivity contribution in [1.82, 2.24) is 0 Å². The van der Waals surface area contributed by atoms with E-state index in [1.165, 1.54) is 51.1 Å². The summed E-state index contributed by atoms with van der Waals surface area (Å²) in [6.07, 6.45) is -4.93. The second kappa shape index (κ2) is 18.2. The first-order valence-electron chi connectivity index (χ1n) is 28.6. The van der Waals surface area contributed by atoms with Gasteiger partial charge in [-0.2, -0.15) is 26.3 Å². The van der Waals surface area contributed by atoms with Crippen molar-refractivity contribution in [2.45, 2.75) is 75.9 Å². The molecule has 0 spiro atoms. The summed E-state index contributed by atoms with van der Waals surface area (Å²) in [7, 11) is -2.61. The first kappa shape index (κ1) is 51.4. The fraction of sp³-hybridized carbons (Fsp3) is 0.167. The monoisotopic (exact) mass is 1120 g/mol. The lowest BCUT2D eigenvalue weighted by molar-refractivity contribution is -0.138. The predicted octanol–water partition coefficient (Wildman–Crippen LogP) is 17.4. The number of benzene rings is 10. The summed E-state index contributed by atoms with van der Waals surface area (Å²) in [5, 5.41) is 2.62. The Labute approximate surface area is 481 Å². The van der Waals surface area contributed by atoms with Gasteiger partial charge in [0.05, 0.1) is 28.0 Å². The van der Waals surface area contributed by atoms with Crippen LogP contribution >= 0.6 is 0 Å². The first-order chi connectivity index (χ1) is 40.0. The molecule has 15 rings (SSSR count). The van der Waals surface area contributed by atoms with Crippen LogP contribution in [0.5, 0.6) is 0 Å². The largest absolute Gasteiger partial charge is 0.416 e. The van der Waals surface area contributed by atoms with Gasteiger partial charge >= 0.3 is 12.4 Å². The van der Waals surface area contributed by atoms with Crippen LogP contribution in [-0.2, 0) is 17.8 Å². The van der Waals surface area contributed by atoms with Gasteiger partial charge in [0, 0.05) is 61.8 Å². The van der Waals surface area contributed by atoms with Crippen molar-refractivity contribution in [3.8, 4) is 44.5 Å².